The molecule has 48 heavy (non-hydrogen) atoms. The lowest BCUT2D eigenvalue weighted by Gasteiger charge is -2.22. The summed E-state index contributed by atoms with van der Waals surface area (Å²) in [6.45, 7) is 4.37. The Kier molecular flexibility index (Phi) is 39.8. The molecule has 0 heterocycles. The molecule has 3 N–H and O–H groups in total. The highest BCUT2D eigenvalue weighted by Gasteiger charge is 2.20. The minimum Gasteiger partial charge on any atom is -0.394 e. The van der Waals surface area contributed by atoms with Crippen LogP contribution in [0.5, 0.6) is 0 Å². The number of rotatable bonds is 40. The van der Waals surface area contributed by atoms with Gasteiger partial charge in [-0.1, -0.05) is 212 Å². The summed E-state index contributed by atoms with van der Waals surface area (Å²) in [7, 11) is 0. The van der Waals surface area contributed by atoms with Crippen LogP contribution in [0, 0.1) is 0 Å². The van der Waals surface area contributed by atoms with Crippen molar-refractivity contribution in [1.82, 2.24) is 5.32 Å². The van der Waals surface area contributed by atoms with Crippen molar-refractivity contribution in [1.29, 1.82) is 0 Å². The van der Waals surface area contributed by atoms with Crippen molar-refractivity contribution in [2.45, 2.75) is 257 Å². The van der Waals surface area contributed by atoms with Gasteiger partial charge in [0.25, 0.3) is 0 Å². The summed E-state index contributed by atoms with van der Waals surface area (Å²) in [5, 5.41) is 23.2. The third kappa shape index (κ3) is 36.4. The van der Waals surface area contributed by atoms with Crippen LogP contribution in [0.3, 0.4) is 0 Å². The largest absolute Gasteiger partial charge is 0.394 e. The number of aliphatic hydroxyl groups is 2. The van der Waals surface area contributed by atoms with Crippen LogP contribution < -0.4 is 5.32 Å². The monoisotopic (exact) mass is 678 g/mol. The SMILES string of the molecule is CCCCCCCC/C=C/CCCCCCCCCCCC(=O)N[C@@H](CO)[C@H](O)CCCCCCCCCCCCCCCCCCC. The fraction of sp³-hybridized carbons (Fsp3) is 0.932. The van der Waals surface area contributed by atoms with Gasteiger partial charge < -0.3 is 15.5 Å². The highest BCUT2D eigenvalue weighted by molar-refractivity contribution is 5.76. The molecule has 0 rings (SSSR count). The average molecular weight is 678 g/mol. The van der Waals surface area contributed by atoms with Crippen molar-refractivity contribution >= 4 is 5.91 Å². The number of hydrogen-bond donors (Lipinski definition) is 3. The summed E-state index contributed by atoms with van der Waals surface area (Å²) >= 11 is 0. The van der Waals surface area contributed by atoms with Crippen LogP contribution in [0.15, 0.2) is 12.2 Å². The summed E-state index contributed by atoms with van der Waals surface area (Å²) in [6, 6.07) is -0.533. The third-order valence-corrected chi connectivity index (χ3v) is 10.3. The second-order valence-electron chi connectivity index (χ2n) is 15.1. The minimum absolute atomic E-state index is 0.0310. The molecule has 0 unspecified atom stereocenters. The number of carbonyl (C=O) groups excluding carboxylic acids is 1. The number of amides is 1. The van der Waals surface area contributed by atoms with E-state index in [1.54, 1.807) is 0 Å². The first-order valence-electron chi connectivity index (χ1n) is 21.9. The zero-order valence-corrected chi connectivity index (χ0v) is 32.8. The van der Waals surface area contributed by atoms with Gasteiger partial charge in [-0.2, -0.15) is 0 Å². The van der Waals surface area contributed by atoms with Gasteiger partial charge in [0.1, 0.15) is 0 Å². The molecular formula is C44H87NO3. The normalized spacial score (nSPS) is 13.0. The molecule has 0 spiro atoms. The van der Waals surface area contributed by atoms with Crippen LogP contribution in [0.1, 0.15) is 245 Å². The third-order valence-electron chi connectivity index (χ3n) is 10.3. The number of allylic oxidation sites excluding steroid dienone is 2. The van der Waals surface area contributed by atoms with Crippen molar-refractivity contribution in [3.63, 3.8) is 0 Å². The predicted octanol–water partition coefficient (Wildman–Crippen LogP) is 13.5. The molecule has 0 aromatic heterocycles. The van der Waals surface area contributed by atoms with E-state index in [1.165, 1.54) is 193 Å². The lowest BCUT2D eigenvalue weighted by Crippen LogP contribution is -2.45. The Balaban J connectivity index is 3.50. The Hall–Kier alpha value is -0.870. The lowest BCUT2D eigenvalue weighted by atomic mass is 10.0. The predicted molar refractivity (Wildman–Crippen MR) is 212 cm³/mol. The summed E-state index contributed by atoms with van der Waals surface area (Å²) in [5.41, 5.74) is 0. The molecule has 0 saturated carbocycles. The first-order chi connectivity index (χ1) is 23.7. The van der Waals surface area contributed by atoms with Gasteiger partial charge in [0.2, 0.25) is 5.91 Å². The maximum Gasteiger partial charge on any atom is 0.220 e. The summed E-state index contributed by atoms with van der Waals surface area (Å²) < 4.78 is 0. The molecule has 0 aliphatic carbocycles. The Labute approximate surface area is 301 Å². The van der Waals surface area contributed by atoms with Crippen molar-refractivity contribution < 1.29 is 15.0 Å². The second-order valence-corrected chi connectivity index (χ2v) is 15.1. The van der Waals surface area contributed by atoms with Crippen LogP contribution in [-0.4, -0.2) is 34.9 Å². The number of carbonyl (C=O) groups is 1. The topological polar surface area (TPSA) is 69.6 Å². The van der Waals surface area contributed by atoms with Gasteiger partial charge in [-0.05, 0) is 38.5 Å². The molecule has 0 aliphatic rings. The van der Waals surface area contributed by atoms with Gasteiger partial charge in [-0.15, -0.1) is 0 Å². The first kappa shape index (κ1) is 47.1. The highest BCUT2D eigenvalue weighted by Crippen LogP contribution is 2.16. The van der Waals surface area contributed by atoms with E-state index < -0.39 is 12.1 Å². The van der Waals surface area contributed by atoms with Gasteiger partial charge >= 0.3 is 0 Å². The summed E-state index contributed by atoms with van der Waals surface area (Å²) in [6.07, 6.45) is 50.0. The molecular weight excluding hydrogens is 590 g/mol. The van der Waals surface area contributed by atoms with Gasteiger partial charge in [-0.25, -0.2) is 0 Å². The molecule has 0 radical (unpaired) electrons. The molecule has 0 fully saturated rings. The Morgan fingerprint density at radius 2 is 0.792 bits per heavy atom. The van der Waals surface area contributed by atoms with E-state index in [2.05, 4.69) is 31.3 Å². The molecule has 0 aromatic rings. The molecule has 286 valence electrons. The summed E-state index contributed by atoms with van der Waals surface area (Å²) in [5.74, 6) is -0.0310. The van der Waals surface area contributed by atoms with E-state index >= 15 is 0 Å². The molecule has 0 saturated heterocycles. The smallest absolute Gasteiger partial charge is 0.220 e. The van der Waals surface area contributed by atoms with Gasteiger partial charge in [0.05, 0.1) is 18.8 Å². The second kappa shape index (κ2) is 40.6. The van der Waals surface area contributed by atoms with Crippen LogP contribution >= 0.6 is 0 Å². The van der Waals surface area contributed by atoms with E-state index in [0.717, 1.165) is 25.7 Å². The van der Waals surface area contributed by atoms with Gasteiger partial charge in [0.15, 0.2) is 0 Å². The zero-order valence-electron chi connectivity index (χ0n) is 32.8. The van der Waals surface area contributed by atoms with E-state index in [4.69, 9.17) is 0 Å². The average Bonchev–Trinajstić information content (AvgIpc) is 3.09. The van der Waals surface area contributed by atoms with Crippen LogP contribution in [-0.2, 0) is 4.79 Å². The van der Waals surface area contributed by atoms with Crippen molar-refractivity contribution in [3.8, 4) is 0 Å². The lowest BCUT2D eigenvalue weighted by molar-refractivity contribution is -0.123. The fourth-order valence-corrected chi connectivity index (χ4v) is 6.89. The fourth-order valence-electron chi connectivity index (χ4n) is 6.89. The first-order valence-corrected chi connectivity index (χ1v) is 21.9. The number of nitrogens with one attached hydrogen (secondary N) is 1. The number of aliphatic hydroxyl groups excluding tert-OH is 2. The quantitative estimate of drug-likeness (QED) is 0.0446. The van der Waals surface area contributed by atoms with E-state index in [-0.39, 0.29) is 12.5 Å². The molecule has 1 amide bonds. The molecule has 0 aromatic carbocycles. The van der Waals surface area contributed by atoms with E-state index in [0.29, 0.717) is 12.8 Å². The molecule has 4 heteroatoms. The summed E-state index contributed by atoms with van der Waals surface area (Å²) in [4.78, 5) is 12.4. The highest BCUT2D eigenvalue weighted by atomic mass is 16.3. The number of hydrogen-bond acceptors (Lipinski definition) is 3. The Bertz CT molecular complexity index is 651. The van der Waals surface area contributed by atoms with Gasteiger partial charge in [-0.3, -0.25) is 4.79 Å². The zero-order chi connectivity index (χ0) is 35.0. The maximum atomic E-state index is 12.4. The van der Waals surface area contributed by atoms with Crippen LogP contribution in [0.2, 0.25) is 0 Å². The van der Waals surface area contributed by atoms with Crippen LogP contribution in [0.25, 0.3) is 0 Å². The van der Waals surface area contributed by atoms with Crippen LogP contribution in [0.4, 0.5) is 0 Å². The van der Waals surface area contributed by atoms with Gasteiger partial charge in [0, 0.05) is 6.42 Å². The van der Waals surface area contributed by atoms with E-state index in [9.17, 15) is 15.0 Å². The standard InChI is InChI=1S/C44H87NO3/c1-3-5-7-9-11-13-15-17-19-21-22-24-26-28-30-32-34-36-38-40-44(48)45-42(41-46)43(47)39-37-35-33-31-29-27-25-23-20-18-16-14-12-10-8-6-4-2/h17,19,42-43,46-47H,3-16,18,20-41H2,1-2H3,(H,45,48)/b19-17+/t42-,43+/m0/s1. The maximum absolute atomic E-state index is 12.4. The van der Waals surface area contributed by atoms with Crippen molar-refractivity contribution in [3.05, 3.63) is 12.2 Å². The Morgan fingerprint density at radius 1 is 0.479 bits per heavy atom. The molecule has 4 nitrogen and oxygen atoms in total. The minimum atomic E-state index is -0.656. The molecule has 0 bridgehead atoms. The van der Waals surface area contributed by atoms with E-state index in [1.807, 2.05) is 0 Å². The molecule has 0 aliphatic heterocycles. The number of unbranched alkanes of at least 4 members (excludes halogenated alkanes) is 31. The van der Waals surface area contributed by atoms with Crippen molar-refractivity contribution in [2.75, 3.05) is 6.61 Å². The Morgan fingerprint density at radius 3 is 1.15 bits per heavy atom. The van der Waals surface area contributed by atoms with Crippen molar-refractivity contribution in [2.24, 2.45) is 0 Å². The molecule has 2 atom stereocenters.